The van der Waals surface area contributed by atoms with Crippen molar-refractivity contribution < 1.29 is 9.59 Å². The van der Waals surface area contributed by atoms with Crippen LogP contribution in [0, 0.1) is 6.92 Å². The number of nitrogens with two attached hydrogens (primary N) is 1. The van der Waals surface area contributed by atoms with Gasteiger partial charge in [0.1, 0.15) is 0 Å². The molecule has 0 aromatic heterocycles. The van der Waals surface area contributed by atoms with Gasteiger partial charge in [-0.1, -0.05) is 12.1 Å². The van der Waals surface area contributed by atoms with Crippen LogP contribution in [-0.2, 0) is 11.3 Å². The molecular weight excluding hydrogens is 216 g/mol. The molecule has 0 saturated heterocycles. The summed E-state index contributed by atoms with van der Waals surface area (Å²) in [5.41, 5.74) is 8.54. The van der Waals surface area contributed by atoms with Gasteiger partial charge in [0, 0.05) is 5.69 Å². The van der Waals surface area contributed by atoms with Gasteiger partial charge in [-0.3, -0.25) is 14.5 Å². The van der Waals surface area contributed by atoms with Crippen molar-refractivity contribution >= 4 is 17.5 Å². The average molecular weight is 230 g/mol. The molecule has 0 unspecified atom stereocenters. The molecule has 1 aromatic carbocycles. The van der Waals surface area contributed by atoms with Gasteiger partial charge in [-0.15, -0.1) is 0 Å². The van der Waals surface area contributed by atoms with Crippen LogP contribution in [0.5, 0.6) is 0 Å². The fraction of sp³-hybridized carbons (Fsp3) is 0.231. The maximum atomic E-state index is 12.1. The molecule has 0 atom stereocenters. The molecule has 1 aliphatic heterocycles. The van der Waals surface area contributed by atoms with Crippen molar-refractivity contribution in [3.63, 3.8) is 0 Å². The van der Waals surface area contributed by atoms with E-state index in [9.17, 15) is 9.59 Å². The molecule has 1 aromatic rings. The maximum Gasteiger partial charge on any atom is 0.263 e. The van der Waals surface area contributed by atoms with Crippen LogP contribution < -0.4 is 5.73 Å². The molecule has 2 N–H and O–H groups in total. The van der Waals surface area contributed by atoms with E-state index in [2.05, 4.69) is 0 Å². The van der Waals surface area contributed by atoms with Crippen LogP contribution in [0.3, 0.4) is 0 Å². The van der Waals surface area contributed by atoms with Crippen molar-refractivity contribution in [3.05, 3.63) is 41.0 Å². The standard InChI is InChI=1S/C13H14N2O2/c1-3-4-11(16)15-7-9-8(2)5-6-10(14)12(9)13(15)17/h3-6H,7,14H2,1-2H3/b4-3+. The summed E-state index contributed by atoms with van der Waals surface area (Å²) in [6.45, 7) is 3.97. The molecule has 88 valence electrons. The second-order valence-electron chi connectivity index (χ2n) is 4.05. The van der Waals surface area contributed by atoms with E-state index in [4.69, 9.17) is 5.73 Å². The lowest BCUT2D eigenvalue weighted by Gasteiger charge is -2.10. The van der Waals surface area contributed by atoms with E-state index in [1.54, 1.807) is 19.1 Å². The summed E-state index contributed by atoms with van der Waals surface area (Å²) in [5.74, 6) is -0.600. The number of hydrogen-bond acceptors (Lipinski definition) is 3. The Morgan fingerprint density at radius 1 is 1.47 bits per heavy atom. The summed E-state index contributed by atoms with van der Waals surface area (Å²) in [7, 11) is 0. The highest BCUT2D eigenvalue weighted by Crippen LogP contribution is 2.30. The molecule has 0 aliphatic carbocycles. The number of aryl methyl sites for hydroxylation is 1. The number of nitrogen functional groups attached to an aromatic ring is 1. The largest absolute Gasteiger partial charge is 0.398 e. The van der Waals surface area contributed by atoms with Gasteiger partial charge >= 0.3 is 0 Å². The third-order valence-corrected chi connectivity index (χ3v) is 2.93. The van der Waals surface area contributed by atoms with Gasteiger partial charge in [0.05, 0.1) is 12.1 Å². The molecule has 4 heteroatoms. The monoisotopic (exact) mass is 230 g/mol. The van der Waals surface area contributed by atoms with Gasteiger partial charge in [-0.25, -0.2) is 0 Å². The first-order chi connectivity index (χ1) is 8.06. The van der Waals surface area contributed by atoms with E-state index in [1.165, 1.54) is 11.0 Å². The number of anilines is 1. The number of fused-ring (bicyclic) bond motifs is 1. The van der Waals surface area contributed by atoms with Crippen LogP contribution in [-0.4, -0.2) is 16.7 Å². The molecule has 4 nitrogen and oxygen atoms in total. The fourth-order valence-corrected chi connectivity index (χ4v) is 2.00. The molecule has 1 aliphatic rings. The Morgan fingerprint density at radius 2 is 2.18 bits per heavy atom. The van der Waals surface area contributed by atoms with Gasteiger partial charge in [-0.2, -0.15) is 0 Å². The van der Waals surface area contributed by atoms with Crippen molar-refractivity contribution in [2.24, 2.45) is 0 Å². The smallest absolute Gasteiger partial charge is 0.263 e. The lowest BCUT2D eigenvalue weighted by molar-refractivity contribution is -0.123. The van der Waals surface area contributed by atoms with E-state index in [1.807, 2.05) is 13.0 Å². The van der Waals surface area contributed by atoms with Crippen molar-refractivity contribution in [1.29, 1.82) is 0 Å². The zero-order valence-corrected chi connectivity index (χ0v) is 9.86. The molecule has 0 radical (unpaired) electrons. The summed E-state index contributed by atoms with van der Waals surface area (Å²) in [5, 5.41) is 0. The number of rotatable bonds is 1. The van der Waals surface area contributed by atoms with Crippen LogP contribution >= 0.6 is 0 Å². The summed E-state index contributed by atoms with van der Waals surface area (Å²) in [6.07, 6.45) is 3.00. The minimum atomic E-state index is -0.302. The predicted octanol–water partition coefficient (Wildman–Crippen LogP) is 1.64. The van der Waals surface area contributed by atoms with E-state index in [-0.39, 0.29) is 11.8 Å². The molecule has 17 heavy (non-hydrogen) atoms. The summed E-state index contributed by atoms with van der Waals surface area (Å²) in [6, 6.07) is 3.57. The SMILES string of the molecule is C/C=C/C(=O)N1Cc2c(C)ccc(N)c2C1=O. The predicted molar refractivity (Wildman–Crippen MR) is 65.3 cm³/mol. The topological polar surface area (TPSA) is 63.4 Å². The van der Waals surface area contributed by atoms with Gasteiger partial charge in [0.25, 0.3) is 11.8 Å². The van der Waals surface area contributed by atoms with Crippen molar-refractivity contribution in [3.8, 4) is 0 Å². The molecule has 0 fully saturated rings. The summed E-state index contributed by atoms with van der Waals surface area (Å²) >= 11 is 0. The van der Waals surface area contributed by atoms with Crippen molar-refractivity contribution in [1.82, 2.24) is 4.90 Å². The molecule has 0 saturated carbocycles. The number of carbonyl (C=O) groups is 2. The van der Waals surface area contributed by atoms with Crippen LogP contribution in [0.15, 0.2) is 24.3 Å². The number of imide groups is 1. The molecule has 0 spiro atoms. The van der Waals surface area contributed by atoms with Crippen LogP contribution in [0.1, 0.15) is 28.4 Å². The molecule has 1 heterocycles. The van der Waals surface area contributed by atoms with Crippen molar-refractivity contribution in [2.45, 2.75) is 20.4 Å². The third kappa shape index (κ3) is 1.71. The van der Waals surface area contributed by atoms with Crippen LogP contribution in [0.2, 0.25) is 0 Å². The van der Waals surface area contributed by atoms with Gasteiger partial charge in [-0.05, 0) is 37.1 Å². The zero-order valence-electron chi connectivity index (χ0n) is 9.86. The second kappa shape index (κ2) is 4.05. The minimum absolute atomic E-state index is 0.299. The quantitative estimate of drug-likeness (QED) is 0.589. The Bertz CT molecular complexity index is 532. The minimum Gasteiger partial charge on any atom is -0.398 e. The number of nitrogens with zero attached hydrogens (tertiary/aromatic N) is 1. The Balaban J connectivity index is 2.46. The Kier molecular flexibility index (Phi) is 2.71. The Hall–Kier alpha value is -2.10. The molecule has 2 rings (SSSR count). The number of carbonyl (C=O) groups excluding carboxylic acids is 2. The zero-order chi connectivity index (χ0) is 12.6. The molecule has 0 bridgehead atoms. The fourth-order valence-electron chi connectivity index (χ4n) is 2.00. The first kappa shape index (κ1) is 11.4. The number of allylic oxidation sites excluding steroid dienone is 1. The second-order valence-corrected chi connectivity index (χ2v) is 4.05. The first-order valence-corrected chi connectivity index (χ1v) is 5.42. The van der Waals surface area contributed by atoms with Gasteiger partial charge < -0.3 is 5.73 Å². The highest BCUT2D eigenvalue weighted by molar-refractivity contribution is 6.13. The Labute approximate surface area is 99.7 Å². The molecular formula is C13H14N2O2. The average Bonchev–Trinajstić information content (AvgIpc) is 2.63. The van der Waals surface area contributed by atoms with Crippen molar-refractivity contribution in [2.75, 3.05) is 5.73 Å². The van der Waals surface area contributed by atoms with E-state index >= 15 is 0 Å². The summed E-state index contributed by atoms with van der Waals surface area (Å²) in [4.78, 5) is 25.0. The van der Waals surface area contributed by atoms with Crippen LogP contribution in [0.25, 0.3) is 0 Å². The lowest BCUT2D eigenvalue weighted by Crippen LogP contribution is -2.29. The highest BCUT2D eigenvalue weighted by Gasteiger charge is 2.33. The number of amides is 2. The van der Waals surface area contributed by atoms with E-state index < -0.39 is 0 Å². The third-order valence-electron chi connectivity index (χ3n) is 2.93. The normalized spacial score (nSPS) is 14.5. The number of hydrogen-bond donors (Lipinski definition) is 1. The number of benzene rings is 1. The maximum absolute atomic E-state index is 12.1. The lowest BCUT2D eigenvalue weighted by atomic mass is 10.0. The molecule has 2 amide bonds. The van der Waals surface area contributed by atoms with E-state index in [0.717, 1.165) is 11.1 Å². The summed E-state index contributed by atoms with van der Waals surface area (Å²) < 4.78 is 0. The van der Waals surface area contributed by atoms with Gasteiger partial charge in [0.2, 0.25) is 0 Å². The van der Waals surface area contributed by atoms with Crippen LogP contribution in [0.4, 0.5) is 5.69 Å². The van der Waals surface area contributed by atoms with E-state index in [0.29, 0.717) is 17.8 Å². The first-order valence-electron chi connectivity index (χ1n) is 5.42. The Morgan fingerprint density at radius 3 is 2.76 bits per heavy atom. The van der Waals surface area contributed by atoms with Gasteiger partial charge in [0.15, 0.2) is 0 Å². The highest BCUT2D eigenvalue weighted by atomic mass is 16.2.